The van der Waals surface area contributed by atoms with E-state index in [0.29, 0.717) is 96.0 Å². The lowest BCUT2D eigenvalue weighted by atomic mass is 10.2. The highest BCUT2D eigenvalue weighted by molar-refractivity contribution is 5.60. The van der Waals surface area contributed by atoms with Crippen LogP contribution in [0, 0.1) is 65.9 Å². The van der Waals surface area contributed by atoms with E-state index in [-0.39, 0.29) is 17.1 Å². The van der Waals surface area contributed by atoms with E-state index in [9.17, 15) is 30.3 Å². The van der Waals surface area contributed by atoms with Crippen molar-refractivity contribution in [2.45, 2.75) is 0 Å². The summed E-state index contributed by atoms with van der Waals surface area (Å²) in [5.41, 5.74) is 4.83. The Kier molecular flexibility index (Phi) is 20.6. The molecular formula is C60H60N12O9. The quantitative estimate of drug-likeness (QED) is 0.0643. The highest BCUT2D eigenvalue weighted by Gasteiger charge is 2.28. The molecule has 21 nitrogen and oxygen atoms in total. The molecule has 9 rings (SSSR count). The van der Waals surface area contributed by atoms with Crippen LogP contribution in [-0.2, 0) is 0 Å². The molecule has 81 heavy (non-hydrogen) atoms. The van der Waals surface area contributed by atoms with E-state index in [1.807, 2.05) is 87.5 Å². The first kappa shape index (κ1) is 58.1. The molecule has 6 aromatic rings. The fraction of sp³-hybridized carbons (Fsp3) is 0.250. The van der Waals surface area contributed by atoms with Gasteiger partial charge in [0.1, 0.15) is 17.2 Å². The summed E-state index contributed by atoms with van der Waals surface area (Å²) < 4.78 is 15.6. The zero-order valence-electron chi connectivity index (χ0n) is 45.3. The predicted octanol–water partition coefficient (Wildman–Crippen LogP) is 8.06. The van der Waals surface area contributed by atoms with Crippen molar-refractivity contribution >= 4 is 34.5 Å². The van der Waals surface area contributed by atoms with Gasteiger partial charge in [0.2, 0.25) is 17.5 Å². The third kappa shape index (κ3) is 16.0. The average molecular weight is 1090 g/mol. The van der Waals surface area contributed by atoms with E-state index in [4.69, 9.17) is 14.2 Å². The first-order valence-electron chi connectivity index (χ1n) is 25.6. The van der Waals surface area contributed by atoms with Crippen LogP contribution >= 0.6 is 0 Å². The topological polar surface area (TPSA) is 215 Å². The monoisotopic (exact) mass is 1090 g/mol. The van der Waals surface area contributed by atoms with Crippen LogP contribution in [0.2, 0.25) is 0 Å². The summed E-state index contributed by atoms with van der Waals surface area (Å²) in [6, 6.07) is 31.8. The number of anilines is 3. The zero-order chi connectivity index (χ0) is 57.7. The second-order valence-corrected chi connectivity index (χ2v) is 18.0. The maximum Gasteiger partial charge on any atom is 0.311 e. The van der Waals surface area contributed by atoms with Gasteiger partial charge in [0, 0.05) is 126 Å². The lowest BCUT2D eigenvalue weighted by Gasteiger charge is -2.35. The molecular weight excluding hydrogens is 1030 g/mol. The number of hydrogen-bond acceptors (Lipinski definition) is 18. The Morgan fingerprint density at radius 2 is 0.840 bits per heavy atom. The van der Waals surface area contributed by atoms with Gasteiger partial charge in [0.15, 0.2) is 0 Å². The maximum absolute atomic E-state index is 11.2. The molecule has 0 saturated carbocycles. The second kappa shape index (κ2) is 28.7. The van der Waals surface area contributed by atoms with Crippen molar-refractivity contribution in [3.63, 3.8) is 0 Å². The summed E-state index contributed by atoms with van der Waals surface area (Å²) in [5, 5.41) is 33.6. The lowest BCUT2D eigenvalue weighted by molar-refractivity contribution is -0.384. The minimum atomic E-state index is -0.396. The lowest BCUT2D eigenvalue weighted by Crippen LogP contribution is -2.46. The van der Waals surface area contributed by atoms with Crippen molar-refractivity contribution in [3.05, 3.63) is 212 Å². The Morgan fingerprint density at radius 1 is 0.444 bits per heavy atom. The standard InChI is InChI=1S/3C20H20N4O3/c1-16(8-9-17-5-3-6-18(15-17)27-2)22-11-13-23(14-12-22)20-19(24(25)26)7-4-10-21-20;1-16(5-6-17-7-9-18(27-2)10-8-17)22-12-14-23(15-13-22)20-19(24(25)26)4-3-11-21-20;1-16(9-10-17-6-3-4-8-19(17)27-2)22-12-14-23(15-13-22)20-18(24(25)26)7-5-11-21-20/h3-7,10,15H,1,11-14H2,2H3;3-4,7-11H,1,12-15H2,2H3;3-8,11H,1,12-15H2,2H3. The summed E-state index contributed by atoms with van der Waals surface area (Å²) in [6.45, 7) is 20.0. The van der Waals surface area contributed by atoms with Crippen LogP contribution < -0.4 is 28.9 Å². The van der Waals surface area contributed by atoms with Crippen molar-refractivity contribution in [1.29, 1.82) is 0 Å². The number of hydrogen-bond donors (Lipinski definition) is 0. The molecule has 3 saturated heterocycles. The van der Waals surface area contributed by atoms with E-state index >= 15 is 0 Å². The van der Waals surface area contributed by atoms with Gasteiger partial charge in [0.25, 0.3) is 0 Å². The Bertz CT molecular complexity index is 3430. The fourth-order valence-corrected chi connectivity index (χ4v) is 8.68. The van der Waals surface area contributed by atoms with E-state index in [1.165, 1.54) is 18.2 Å². The second-order valence-electron chi connectivity index (χ2n) is 18.0. The minimum Gasteiger partial charge on any atom is -0.497 e. The van der Waals surface area contributed by atoms with Crippen molar-refractivity contribution in [1.82, 2.24) is 29.7 Å². The highest BCUT2D eigenvalue weighted by atomic mass is 16.6. The largest absolute Gasteiger partial charge is 0.497 e. The molecule has 0 atom stereocenters. The molecule has 0 amide bonds. The van der Waals surface area contributed by atoms with Crippen LogP contribution in [-0.4, -0.2) is 144 Å². The number of methoxy groups -OCH3 is 3. The zero-order valence-corrected chi connectivity index (χ0v) is 45.3. The van der Waals surface area contributed by atoms with E-state index < -0.39 is 14.8 Å². The highest BCUT2D eigenvalue weighted by Crippen LogP contribution is 2.29. The first-order chi connectivity index (χ1) is 39.3. The molecule has 0 N–H and O–H groups in total. The van der Waals surface area contributed by atoms with Gasteiger partial charge in [-0.05, 0) is 90.6 Å². The number of rotatable bonds is 12. The van der Waals surface area contributed by atoms with Crippen LogP contribution in [0.3, 0.4) is 0 Å². The molecule has 0 bridgehead atoms. The first-order valence-corrected chi connectivity index (χ1v) is 25.6. The number of nitro groups is 3. The van der Waals surface area contributed by atoms with Gasteiger partial charge in [-0.2, -0.15) is 0 Å². The van der Waals surface area contributed by atoms with Crippen LogP contribution in [0.15, 0.2) is 165 Å². The van der Waals surface area contributed by atoms with Crippen LogP contribution in [0.1, 0.15) is 16.7 Å². The number of allylic oxidation sites excluding steroid dienone is 3. The average Bonchev–Trinajstić information content (AvgIpc) is 3.53. The number of para-hydroxylation sites is 1. The Balaban J connectivity index is 0.000000175. The maximum atomic E-state index is 11.2. The number of nitrogens with zero attached hydrogens (tertiary/aromatic N) is 12. The molecule has 414 valence electrons. The van der Waals surface area contributed by atoms with Crippen molar-refractivity contribution < 1.29 is 29.0 Å². The van der Waals surface area contributed by atoms with Gasteiger partial charge in [-0.15, -0.1) is 0 Å². The summed E-state index contributed by atoms with van der Waals surface area (Å²) in [5.74, 6) is 22.1. The molecule has 3 aromatic heterocycles. The minimum absolute atomic E-state index is 0.0285. The van der Waals surface area contributed by atoms with Gasteiger partial charge in [0.05, 0.1) is 58.8 Å². The molecule has 0 radical (unpaired) electrons. The summed E-state index contributed by atoms with van der Waals surface area (Å²) >= 11 is 0. The number of benzene rings is 3. The smallest absolute Gasteiger partial charge is 0.311 e. The van der Waals surface area contributed by atoms with E-state index in [1.54, 1.807) is 58.1 Å². The molecule has 0 aliphatic carbocycles. The summed E-state index contributed by atoms with van der Waals surface area (Å²) in [4.78, 5) is 57.0. The van der Waals surface area contributed by atoms with Gasteiger partial charge in [-0.25, -0.2) is 15.0 Å². The van der Waals surface area contributed by atoms with Crippen molar-refractivity contribution in [2.75, 3.05) is 115 Å². The molecule has 3 fully saturated rings. The molecule has 21 heteroatoms. The normalized spacial score (nSPS) is 13.5. The molecule has 3 aliphatic heterocycles. The predicted molar refractivity (Wildman–Crippen MR) is 311 cm³/mol. The number of pyridine rings is 3. The van der Waals surface area contributed by atoms with Gasteiger partial charge in [-0.3, -0.25) is 30.3 Å². The van der Waals surface area contributed by atoms with Crippen LogP contribution in [0.5, 0.6) is 17.2 Å². The summed E-state index contributed by atoms with van der Waals surface area (Å²) in [7, 11) is 4.87. The third-order valence-corrected chi connectivity index (χ3v) is 13.1. The van der Waals surface area contributed by atoms with Crippen LogP contribution in [0.25, 0.3) is 0 Å². The summed E-state index contributed by atoms with van der Waals surface area (Å²) in [6.07, 6.45) is 4.73. The van der Waals surface area contributed by atoms with Crippen molar-refractivity contribution in [3.8, 4) is 52.8 Å². The van der Waals surface area contributed by atoms with Gasteiger partial charge in [-0.1, -0.05) is 55.7 Å². The SMILES string of the molecule is C=C(C#Cc1ccc(OC)cc1)N1CCN(c2ncccc2[N+](=O)[O-])CC1.C=C(C#Cc1cccc(OC)c1)N1CCN(c2ncccc2[N+](=O)[O-])CC1.C=C(C#Cc1ccccc1OC)N1CCN(c2ncccc2[N+](=O)[O-])CC1. The van der Waals surface area contributed by atoms with E-state index in [2.05, 4.69) is 84.9 Å². The number of ether oxygens (including phenoxy) is 3. The fourth-order valence-electron chi connectivity index (χ4n) is 8.68. The molecule has 3 aromatic carbocycles. The Hall–Kier alpha value is -10.6. The molecule has 0 spiro atoms. The number of piperazine rings is 3. The molecule has 6 heterocycles. The number of aromatic nitrogens is 3. The van der Waals surface area contributed by atoms with Crippen molar-refractivity contribution in [2.24, 2.45) is 0 Å². The van der Waals surface area contributed by atoms with E-state index in [0.717, 1.165) is 51.0 Å². The molecule has 3 aliphatic rings. The van der Waals surface area contributed by atoms with Gasteiger partial charge < -0.3 is 43.6 Å². The van der Waals surface area contributed by atoms with Crippen LogP contribution in [0.4, 0.5) is 34.5 Å². The third-order valence-electron chi connectivity index (χ3n) is 13.1. The van der Waals surface area contributed by atoms with Gasteiger partial charge >= 0.3 is 17.1 Å². The Labute approximate surface area is 470 Å². The molecule has 0 unspecified atom stereocenters. The Morgan fingerprint density at radius 3 is 1.23 bits per heavy atom.